The molecule has 0 unspecified atom stereocenters. The average Bonchev–Trinajstić information content (AvgIpc) is 2.93. The van der Waals surface area contributed by atoms with Crippen LogP contribution in [-0.4, -0.2) is 31.1 Å². The van der Waals surface area contributed by atoms with Crippen molar-refractivity contribution in [3.8, 4) is 0 Å². The average molecular weight is 286 g/mol. The number of H-pyrrole nitrogens is 1. The van der Waals surface area contributed by atoms with E-state index in [0.29, 0.717) is 0 Å². The molecule has 1 aromatic carbocycles. The van der Waals surface area contributed by atoms with Crippen LogP contribution in [0, 0.1) is 0 Å². The minimum absolute atomic E-state index is 0.905. The lowest BCUT2D eigenvalue weighted by atomic mass is 10.1. The van der Waals surface area contributed by atoms with E-state index in [1.165, 1.54) is 29.3 Å². The van der Waals surface area contributed by atoms with Gasteiger partial charge in [0.15, 0.2) is 5.96 Å². The van der Waals surface area contributed by atoms with E-state index in [-0.39, 0.29) is 0 Å². The highest BCUT2D eigenvalue weighted by Gasteiger charge is 2.02. The summed E-state index contributed by atoms with van der Waals surface area (Å²) in [4.78, 5) is 7.56. The van der Waals surface area contributed by atoms with Crippen molar-refractivity contribution in [2.45, 2.75) is 32.6 Å². The zero-order chi connectivity index (χ0) is 14.9. The molecule has 0 bridgehead atoms. The van der Waals surface area contributed by atoms with Crippen LogP contribution in [0.1, 0.15) is 31.7 Å². The third kappa shape index (κ3) is 4.52. The Morgan fingerprint density at radius 3 is 2.67 bits per heavy atom. The van der Waals surface area contributed by atoms with Crippen LogP contribution < -0.4 is 10.6 Å². The molecule has 0 radical (unpaired) electrons. The molecule has 4 heteroatoms. The Morgan fingerprint density at radius 1 is 1.14 bits per heavy atom. The molecule has 114 valence electrons. The van der Waals surface area contributed by atoms with Gasteiger partial charge in [-0.25, -0.2) is 0 Å². The summed E-state index contributed by atoms with van der Waals surface area (Å²) in [5.74, 6) is 0.905. The van der Waals surface area contributed by atoms with Crippen LogP contribution in [0.3, 0.4) is 0 Å². The summed E-state index contributed by atoms with van der Waals surface area (Å²) in [5.41, 5.74) is 2.61. The Balaban J connectivity index is 1.74. The fourth-order valence-corrected chi connectivity index (χ4v) is 2.43. The molecule has 0 aliphatic heterocycles. The van der Waals surface area contributed by atoms with E-state index in [2.05, 4.69) is 58.0 Å². The number of unbranched alkanes of at least 4 members (excludes halogenated alkanes) is 1. The summed E-state index contributed by atoms with van der Waals surface area (Å²) in [6.45, 7) is 4.11. The lowest BCUT2D eigenvalue weighted by Crippen LogP contribution is -2.38. The summed E-state index contributed by atoms with van der Waals surface area (Å²) >= 11 is 0. The highest BCUT2D eigenvalue weighted by atomic mass is 15.2. The molecule has 2 rings (SSSR count). The van der Waals surface area contributed by atoms with E-state index in [9.17, 15) is 0 Å². The van der Waals surface area contributed by atoms with Crippen molar-refractivity contribution < 1.29 is 0 Å². The van der Waals surface area contributed by atoms with Crippen LogP contribution in [0.2, 0.25) is 0 Å². The van der Waals surface area contributed by atoms with Crippen molar-refractivity contribution in [2.75, 3.05) is 20.1 Å². The Kier molecular flexibility index (Phi) is 6.13. The molecule has 0 atom stereocenters. The second-order valence-electron chi connectivity index (χ2n) is 5.24. The van der Waals surface area contributed by atoms with Gasteiger partial charge in [-0.2, -0.15) is 0 Å². The number of rotatable bonds is 7. The molecule has 0 saturated heterocycles. The van der Waals surface area contributed by atoms with Gasteiger partial charge in [0.05, 0.1) is 0 Å². The number of hydrogen-bond acceptors (Lipinski definition) is 1. The monoisotopic (exact) mass is 286 g/mol. The fourth-order valence-electron chi connectivity index (χ4n) is 2.43. The van der Waals surface area contributed by atoms with Crippen LogP contribution in [0.25, 0.3) is 10.9 Å². The van der Waals surface area contributed by atoms with Gasteiger partial charge < -0.3 is 15.6 Å². The van der Waals surface area contributed by atoms with E-state index in [4.69, 9.17) is 0 Å². The molecule has 0 saturated carbocycles. The van der Waals surface area contributed by atoms with Crippen molar-refractivity contribution in [3.63, 3.8) is 0 Å². The normalized spacial score (nSPS) is 11.8. The van der Waals surface area contributed by atoms with E-state index >= 15 is 0 Å². The predicted octanol–water partition coefficient (Wildman–Crippen LogP) is 3.07. The Bertz CT molecular complexity index is 571. The second-order valence-corrected chi connectivity index (χ2v) is 5.24. The van der Waals surface area contributed by atoms with Crippen molar-refractivity contribution in [2.24, 2.45) is 4.99 Å². The lowest BCUT2D eigenvalue weighted by molar-refractivity contribution is 0.711. The number of aromatic nitrogens is 1. The molecule has 3 N–H and O–H groups in total. The summed E-state index contributed by atoms with van der Waals surface area (Å²) in [5, 5.41) is 8.03. The maximum absolute atomic E-state index is 4.23. The quantitative estimate of drug-likeness (QED) is 0.416. The molecule has 1 aromatic heterocycles. The van der Waals surface area contributed by atoms with E-state index in [0.717, 1.165) is 31.9 Å². The topological polar surface area (TPSA) is 52.2 Å². The number of benzene rings is 1. The first kappa shape index (κ1) is 15.4. The molecule has 4 nitrogen and oxygen atoms in total. The first-order chi connectivity index (χ1) is 10.3. The molecular formula is C17H26N4. The summed E-state index contributed by atoms with van der Waals surface area (Å²) in [7, 11) is 1.82. The molecule has 2 aromatic rings. The number of nitrogens with one attached hydrogen (secondary N) is 3. The summed E-state index contributed by atoms with van der Waals surface area (Å²) < 4.78 is 0. The van der Waals surface area contributed by atoms with Crippen LogP contribution in [-0.2, 0) is 6.42 Å². The Hall–Kier alpha value is -1.97. The number of fused-ring (bicyclic) bond motifs is 1. The third-order valence-electron chi connectivity index (χ3n) is 3.64. The standard InChI is InChI=1S/C17H26N4/c1-3-4-11-19-17(18-2)20-12-7-8-14-13-21-16-10-6-5-9-15(14)16/h5-6,9-10,13,21H,3-4,7-8,11-12H2,1-2H3,(H2,18,19,20). The second kappa shape index (κ2) is 8.35. The first-order valence-corrected chi connectivity index (χ1v) is 7.84. The van der Waals surface area contributed by atoms with Gasteiger partial charge in [0.1, 0.15) is 0 Å². The van der Waals surface area contributed by atoms with Crippen molar-refractivity contribution >= 4 is 16.9 Å². The summed E-state index contributed by atoms with van der Waals surface area (Å²) in [6.07, 6.45) is 6.67. The van der Waals surface area contributed by atoms with Crippen LogP contribution in [0.4, 0.5) is 0 Å². The number of guanidine groups is 1. The third-order valence-corrected chi connectivity index (χ3v) is 3.64. The maximum Gasteiger partial charge on any atom is 0.190 e. The van der Waals surface area contributed by atoms with Crippen molar-refractivity contribution in [1.82, 2.24) is 15.6 Å². The van der Waals surface area contributed by atoms with Gasteiger partial charge in [0.2, 0.25) is 0 Å². The van der Waals surface area contributed by atoms with Gasteiger partial charge >= 0.3 is 0 Å². The number of aryl methyl sites for hydroxylation is 1. The fraction of sp³-hybridized carbons (Fsp3) is 0.471. The van der Waals surface area contributed by atoms with Crippen LogP contribution in [0.15, 0.2) is 35.5 Å². The highest BCUT2D eigenvalue weighted by Crippen LogP contribution is 2.18. The Labute approximate surface area is 127 Å². The van der Waals surface area contributed by atoms with Gasteiger partial charge in [-0.3, -0.25) is 4.99 Å². The minimum Gasteiger partial charge on any atom is -0.361 e. The van der Waals surface area contributed by atoms with Gasteiger partial charge in [-0.15, -0.1) is 0 Å². The summed E-state index contributed by atoms with van der Waals surface area (Å²) in [6, 6.07) is 8.46. The number of aliphatic imine (C=N–C) groups is 1. The number of para-hydroxylation sites is 1. The molecular weight excluding hydrogens is 260 g/mol. The molecule has 21 heavy (non-hydrogen) atoms. The predicted molar refractivity (Wildman–Crippen MR) is 90.9 cm³/mol. The Morgan fingerprint density at radius 2 is 1.90 bits per heavy atom. The van der Waals surface area contributed by atoms with Gasteiger partial charge in [0.25, 0.3) is 0 Å². The lowest BCUT2D eigenvalue weighted by Gasteiger charge is -2.11. The van der Waals surface area contributed by atoms with E-state index in [1.807, 2.05) is 7.05 Å². The van der Waals surface area contributed by atoms with E-state index < -0.39 is 0 Å². The van der Waals surface area contributed by atoms with Gasteiger partial charge in [-0.1, -0.05) is 31.5 Å². The molecule has 0 fully saturated rings. The van der Waals surface area contributed by atoms with Gasteiger partial charge in [-0.05, 0) is 30.9 Å². The smallest absolute Gasteiger partial charge is 0.190 e. The van der Waals surface area contributed by atoms with Crippen LogP contribution >= 0.6 is 0 Å². The minimum atomic E-state index is 0.905. The zero-order valence-corrected chi connectivity index (χ0v) is 13.1. The molecule has 0 spiro atoms. The van der Waals surface area contributed by atoms with Gasteiger partial charge in [0, 0.05) is 37.2 Å². The first-order valence-electron chi connectivity index (χ1n) is 7.84. The number of aromatic amines is 1. The van der Waals surface area contributed by atoms with E-state index in [1.54, 1.807) is 0 Å². The SMILES string of the molecule is CCCCNC(=NC)NCCCc1c[nH]c2ccccc12. The van der Waals surface area contributed by atoms with Crippen molar-refractivity contribution in [3.05, 3.63) is 36.0 Å². The number of hydrogen-bond donors (Lipinski definition) is 3. The molecule has 0 aliphatic carbocycles. The molecule has 0 aliphatic rings. The number of nitrogens with zero attached hydrogens (tertiary/aromatic N) is 1. The van der Waals surface area contributed by atoms with Crippen LogP contribution in [0.5, 0.6) is 0 Å². The molecule has 0 amide bonds. The van der Waals surface area contributed by atoms with Crippen molar-refractivity contribution in [1.29, 1.82) is 0 Å². The highest BCUT2D eigenvalue weighted by molar-refractivity contribution is 5.83. The largest absolute Gasteiger partial charge is 0.361 e. The zero-order valence-electron chi connectivity index (χ0n) is 13.1. The maximum atomic E-state index is 4.23. The molecule has 1 heterocycles.